The third-order valence-electron chi connectivity index (χ3n) is 5.68. The molecule has 4 fully saturated rings. The molecule has 0 radical (unpaired) electrons. The first-order chi connectivity index (χ1) is 9.06. The van der Waals surface area contributed by atoms with Crippen LogP contribution in [0.3, 0.4) is 0 Å². The highest BCUT2D eigenvalue weighted by atomic mass is 16.4. The van der Waals surface area contributed by atoms with Crippen LogP contribution in [0.5, 0.6) is 0 Å². The van der Waals surface area contributed by atoms with Crippen molar-refractivity contribution in [2.24, 2.45) is 24.8 Å². The Morgan fingerprint density at radius 2 is 1.79 bits per heavy atom. The Kier molecular flexibility index (Phi) is 2.19. The lowest BCUT2D eigenvalue weighted by Gasteiger charge is -2.56. The van der Waals surface area contributed by atoms with Gasteiger partial charge in [-0.15, -0.1) is 0 Å². The van der Waals surface area contributed by atoms with E-state index in [0.717, 1.165) is 23.4 Å². The van der Waals surface area contributed by atoms with Crippen LogP contribution in [0.15, 0.2) is 6.07 Å². The van der Waals surface area contributed by atoms with Gasteiger partial charge in [0.15, 0.2) is 0 Å². The van der Waals surface area contributed by atoms with Crippen molar-refractivity contribution in [1.82, 2.24) is 9.78 Å². The number of aromatic nitrogens is 2. The van der Waals surface area contributed by atoms with Crippen LogP contribution >= 0.6 is 0 Å². The van der Waals surface area contributed by atoms with Crippen LogP contribution in [0.25, 0.3) is 0 Å². The summed E-state index contributed by atoms with van der Waals surface area (Å²) in [7, 11) is 1.74. The Labute approximate surface area is 112 Å². The average Bonchev–Trinajstić information content (AvgIpc) is 2.70. The van der Waals surface area contributed by atoms with Crippen molar-refractivity contribution < 1.29 is 9.90 Å². The number of nitrogens with zero attached hydrogens (tertiary/aromatic N) is 2. The predicted octanol–water partition coefficient (Wildman–Crippen LogP) is 2.59. The SMILES string of the molecule is Cn1nc(C23CC4CC(CC(C4)C2)C3)cc1C(=O)O. The molecule has 1 aromatic heterocycles. The summed E-state index contributed by atoms with van der Waals surface area (Å²) in [5.41, 5.74) is 1.57. The molecule has 1 heterocycles. The van der Waals surface area contributed by atoms with Gasteiger partial charge in [-0.05, 0) is 62.3 Å². The maximum absolute atomic E-state index is 11.2. The van der Waals surface area contributed by atoms with Gasteiger partial charge in [0, 0.05) is 12.5 Å². The van der Waals surface area contributed by atoms with Crippen molar-refractivity contribution in [3.63, 3.8) is 0 Å². The normalized spacial score (nSPS) is 39.7. The van der Waals surface area contributed by atoms with Crippen LogP contribution in [-0.2, 0) is 12.5 Å². The molecule has 1 aromatic rings. The van der Waals surface area contributed by atoms with Gasteiger partial charge in [0.25, 0.3) is 0 Å². The largest absolute Gasteiger partial charge is 0.477 e. The maximum atomic E-state index is 11.2. The fraction of sp³-hybridized carbons (Fsp3) is 0.733. The standard InChI is InChI=1S/C15H20N2O2/c1-17-12(14(18)19)5-13(16-17)15-6-9-2-10(7-15)4-11(3-9)8-15/h5,9-11H,2-4,6-8H2,1H3,(H,18,19). The van der Waals surface area contributed by atoms with Gasteiger partial charge in [-0.3, -0.25) is 4.68 Å². The van der Waals surface area contributed by atoms with Gasteiger partial charge >= 0.3 is 5.97 Å². The summed E-state index contributed by atoms with van der Waals surface area (Å²) in [6.45, 7) is 0. The minimum Gasteiger partial charge on any atom is -0.477 e. The molecule has 0 atom stereocenters. The van der Waals surface area contributed by atoms with E-state index in [0.29, 0.717) is 5.69 Å². The number of aryl methyl sites for hydroxylation is 1. The Balaban J connectivity index is 1.75. The third-order valence-corrected chi connectivity index (χ3v) is 5.68. The summed E-state index contributed by atoms with van der Waals surface area (Å²) in [4.78, 5) is 11.2. The molecule has 4 bridgehead atoms. The molecule has 0 aromatic carbocycles. The lowest BCUT2D eigenvalue weighted by Crippen LogP contribution is -2.48. The van der Waals surface area contributed by atoms with Crippen molar-refractivity contribution in [1.29, 1.82) is 0 Å². The molecule has 4 aliphatic carbocycles. The molecule has 0 saturated heterocycles. The van der Waals surface area contributed by atoms with Crippen LogP contribution < -0.4 is 0 Å². The number of carbonyl (C=O) groups is 1. The zero-order chi connectivity index (χ0) is 13.2. The van der Waals surface area contributed by atoms with Crippen molar-refractivity contribution in [2.75, 3.05) is 0 Å². The Morgan fingerprint density at radius 3 is 2.21 bits per heavy atom. The Morgan fingerprint density at radius 1 is 1.26 bits per heavy atom. The second-order valence-electron chi connectivity index (χ2n) is 7.04. The van der Waals surface area contributed by atoms with Crippen LogP contribution in [0.2, 0.25) is 0 Å². The molecule has 0 unspecified atom stereocenters. The van der Waals surface area contributed by atoms with Gasteiger partial charge in [0.05, 0.1) is 5.69 Å². The van der Waals surface area contributed by atoms with Crippen molar-refractivity contribution in [2.45, 2.75) is 43.9 Å². The minimum atomic E-state index is -0.869. The molecule has 4 aliphatic rings. The van der Waals surface area contributed by atoms with Gasteiger partial charge in [-0.2, -0.15) is 5.10 Å². The fourth-order valence-electron chi connectivity index (χ4n) is 5.35. The van der Waals surface area contributed by atoms with Crippen LogP contribution in [0.4, 0.5) is 0 Å². The Bertz CT molecular complexity index is 511. The first kappa shape index (κ1) is 11.5. The second kappa shape index (κ2) is 3.62. The molecule has 5 rings (SSSR count). The van der Waals surface area contributed by atoms with Crippen LogP contribution in [-0.4, -0.2) is 20.9 Å². The predicted molar refractivity (Wildman–Crippen MR) is 70.0 cm³/mol. The fourth-order valence-corrected chi connectivity index (χ4v) is 5.35. The van der Waals surface area contributed by atoms with E-state index >= 15 is 0 Å². The van der Waals surface area contributed by atoms with Crippen LogP contribution in [0.1, 0.15) is 54.7 Å². The summed E-state index contributed by atoms with van der Waals surface area (Å²) >= 11 is 0. The summed E-state index contributed by atoms with van der Waals surface area (Å²) in [5.74, 6) is 1.72. The number of rotatable bonds is 2. The van der Waals surface area contributed by atoms with E-state index in [2.05, 4.69) is 5.10 Å². The number of carboxylic acid groups (broad SMARTS) is 1. The summed E-state index contributed by atoms with van der Waals surface area (Å²) in [6.07, 6.45) is 7.90. The molecular weight excluding hydrogens is 240 g/mol. The smallest absolute Gasteiger partial charge is 0.354 e. The highest BCUT2D eigenvalue weighted by molar-refractivity contribution is 5.85. The molecular formula is C15H20N2O2. The summed E-state index contributed by atoms with van der Waals surface area (Å²) in [6, 6.07) is 1.83. The number of aromatic carboxylic acids is 1. The summed E-state index contributed by atoms with van der Waals surface area (Å²) in [5, 5.41) is 13.8. The third kappa shape index (κ3) is 1.58. The monoisotopic (exact) mass is 260 g/mol. The first-order valence-corrected chi connectivity index (χ1v) is 7.33. The molecule has 0 spiro atoms. The molecule has 4 nitrogen and oxygen atoms in total. The van der Waals surface area contributed by atoms with Gasteiger partial charge < -0.3 is 5.11 Å². The van der Waals surface area contributed by atoms with E-state index < -0.39 is 5.97 Å². The first-order valence-electron chi connectivity index (χ1n) is 7.33. The number of carboxylic acids is 1. The quantitative estimate of drug-likeness (QED) is 0.889. The van der Waals surface area contributed by atoms with E-state index in [-0.39, 0.29) is 5.41 Å². The highest BCUT2D eigenvalue weighted by Crippen LogP contribution is 2.60. The number of hydrogen-bond donors (Lipinski definition) is 1. The summed E-state index contributed by atoms with van der Waals surface area (Å²) < 4.78 is 1.54. The lowest BCUT2D eigenvalue weighted by atomic mass is 9.49. The topological polar surface area (TPSA) is 55.1 Å². The van der Waals surface area contributed by atoms with Gasteiger partial charge in [-0.25, -0.2) is 4.79 Å². The molecule has 4 heteroatoms. The number of hydrogen-bond acceptors (Lipinski definition) is 2. The second-order valence-corrected chi connectivity index (χ2v) is 7.04. The zero-order valence-corrected chi connectivity index (χ0v) is 11.3. The minimum absolute atomic E-state index is 0.195. The van der Waals surface area contributed by atoms with Crippen molar-refractivity contribution in [3.05, 3.63) is 17.5 Å². The van der Waals surface area contributed by atoms with E-state index in [9.17, 15) is 9.90 Å². The molecule has 0 amide bonds. The van der Waals surface area contributed by atoms with Gasteiger partial charge in [0.2, 0.25) is 0 Å². The van der Waals surface area contributed by atoms with Gasteiger partial charge in [-0.1, -0.05) is 0 Å². The zero-order valence-electron chi connectivity index (χ0n) is 11.3. The Hall–Kier alpha value is -1.32. The molecule has 1 N–H and O–H groups in total. The van der Waals surface area contributed by atoms with Crippen LogP contribution in [0, 0.1) is 17.8 Å². The molecule has 0 aliphatic heterocycles. The van der Waals surface area contributed by atoms with Gasteiger partial charge in [0.1, 0.15) is 5.69 Å². The van der Waals surface area contributed by atoms with E-state index in [1.807, 2.05) is 6.07 Å². The van der Waals surface area contributed by atoms with E-state index in [4.69, 9.17) is 0 Å². The van der Waals surface area contributed by atoms with E-state index in [1.165, 1.54) is 43.2 Å². The maximum Gasteiger partial charge on any atom is 0.354 e. The molecule has 102 valence electrons. The average molecular weight is 260 g/mol. The van der Waals surface area contributed by atoms with E-state index in [1.54, 1.807) is 7.05 Å². The van der Waals surface area contributed by atoms with Crippen molar-refractivity contribution in [3.8, 4) is 0 Å². The highest BCUT2D eigenvalue weighted by Gasteiger charge is 2.52. The molecule has 4 saturated carbocycles. The van der Waals surface area contributed by atoms with Crippen molar-refractivity contribution >= 4 is 5.97 Å². The lowest BCUT2D eigenvalue weighted by molar-refractivity contribution is -0.00742. The molecule has 19 heavy (non-hydrogen) atoms.